The quantitative estimate of drug-likeness (QED) is 0.645. The highest BCUT2D eigenvalue weighted by Crippen LogP contribution is 2.43. The Morgan fingerprint density at radius 3 is 2.32 bits per heavy atom. The molecule has 2 aromatic carbocycles. The van der Waals surface area contributed by atoms with Gasteiger partial charge in [-0.15, -0.1) is 0 Å². The Morgan fingerprint density at radius 1 is 1.11 bits per heavy atom. The molecule has 0 aliphatic heterocycles. The fourth-order valence-corrected chi connectivity index (χ4v) is 2.49. The lowest BCUT2D eigenvalue weighted by Crippen LogP contribution is -2.21. The number of nitrogens with one attached hydrogen (secondary N) is 1. The molecule has 0 fully saturated rings. The molecule has 1 unspecified atom stereocenters. The van der Waals surface area contributed by atoms with Gasteiger partial charge in [-0.1, -0.05) is 48.2 Å². The predicted octanol–water partition coefficient (Wildman–Crippen LogP) is 4.07. The molecule has 3 N–H and O–H groups in total. The maximum Gasteiger partial charge on any atom is 0.404 e. The Hall–Kier alpha value is -1.69. The van der Waals surface area contributed by atoms with Crippen molar-refractivity contribution in [1.29, 1.82) is 5.41 Å². The number of hydrogen-bond donors (Lipinski definition) is 2. The van der Waals surface area contributed by atoms with Crippen LogP contribution in [0.15, 0.2) is 42.5 Å². The normalized spacial score (nSPS) is 13.4. The Labute approximate surface area is 112 Å². The van der Waals surface area contributed by atoms with E-state index < -0.39 is 16.6 Å². The fraction of sp³-hybridized carbons (Fsp3) is 0.154. The van der Waals surface area contributed by atoms with Crippen LogP contribution in [0.3, 0.4) is 0 Å². The topological polar surface area (TPSA) is 49.9 Å². The summed E-state index contributed by atoms with van der Waals surface area (Å²) >= 11 is 0.304. The standard InChI is InChI=1S/C13H11F3N2S/c14-13(15,16)11(19-12(17)18)10-6-5-8-3-1-2-4-9(8)7-10/h1-7,11H,(H3,17,18). The highest BCUT2D eigenvalue weighted by molar-refractivity contribution is 8.13. The average Bonchev–Trinajstić information content (AvgIpc) is 2.34. The SMILES string of the molecule is N=C(N)SC(c1ccc2ccccc2c1)C(F)(F)F. The van der Waals surface area contributed by atoms with Crippen molar-refractivity contribution in [3.63, 3.8) is 0 Å². The summed E-state index contributed by atoms with van der Waals surface area (Å²) in [7, 11) is 0. The van der Waals surface area contributed by atoms with Crippen LogP contribution in [0.5, 0.6) is 0 Å². The lowest BCUT2D eigenvalue weighted by atomic mass is 10.0. The highest BCUT2D eigenvalue weighted by atomic mass is 32.2. The zero-order valence-corrected chi connectivity index (χ0v) is 10.6. The highest BCUT2D eigenvalue weighted by Gasteiger charge is 2.42. The Morgan fingerprint density at radius 2 is 1.74 bits per heavy atom. The van der Waals surface area contributed by atoms with Gasteiger partial charge in [0.15, 0.2) is 5.17 Å². The first kappa shape index (κ1) is 13.7. The molecule has 0 aromatic heterocycles. The van der Waals surface area contributed by atoms with E-state index >= 15 is 0 Å². The summed E-state index contributed by atoms with van der Waals surface area (Å²) in [5, 5.41) is 6.31. The van der Waals surface area contributed by atoms with E-state index in [0.29, 0.717) is 11.8 Å². The van der Waals surface area contributed by atoms with Crippen molar-refractivity contribution in [3.8, 4) is 0 Å². The summed E-state index contributed by atoms with van der Waals surface area (Å²) in [5.41, 5.74) is 5.19. The van der Waals surface area contributed by atoms with Crippen molar-refractivity contribution in [2.24, 2.45) is 5.73 Å². The monoisotopic (exact) mass is 284 g/mol. The number of benzene rings is 2. The molecule has 0 aliphatic carbocycles. The molecule has 2 rings (SSSR count). The van der Waals surface area contributed by atoms with E-state index in [-0.39, 0.29) is 5.56 Å². The summed E-state index contributed by atoms with van der Waals surface area (Å²) in [6.07, 6.45) is -4.45. The van der Waals surface area contributed by atoms with Crippen LogP contribution in [0, 0.1) is 5.41 Å². The van der Waals surface area contributed by atoms with E-state index in [1.54, 1.807) is 18.2 Å². The van der Waals surface area contributed by atoms with Crippen LogP contribution in [-0.4, -0.2) is 11.3 Å². The molecule has 1 atom stereocenters. The van der Waals surface area contributed by atoms with Crippen molar-refractivity contribution in [3.05, 3.63) is 48.0 Å². The largest absolute Gasteiger partial charge is 0.404 e. The Balaban J connectivity index is 2.46. The Bertz CT molecular complexity index is 610. The van der Waals surface area contributed by atoms with Gasteiger partial charge in [-0.2, -0.15) is 13.2 Å². The zero-order valence-electron chi connectivity index (χ0n) is 9.74. The van der Waals surface area contributed by atoms with E-state index in [1.165, 1.54) is 12.1 Å². The van der Waals surface area contributed by atoms with E-state index in [0.717, 1.165) is 10.8 Å². The van der Waals surface area contributed by atoms with Crippen molar-refractivity contribution in [2.75, 3.05) is 0 Å². The minimum atomic E-state index is -4.45. The van der Waals surface area contributed by atoms with Crippen molar-refractivity contribution >= 4 is 27.7 Å². The summed E-state index contributed by atoms with van der Waals surface area (Å²) in [5.74, 6) is 0. The molecular weight excluding hydrogens is 273 g/mol. The number of alkyl halides is 3. The van der Waals surface area contributed by atoms with Gasteiger partial charge in [-0.05, 0) is 22.4 Å². The average molecular weight is 284 g/mol. The second kappa shape index (κ2) is 5.13. The summed E-state index contributed by atoms with van der Waals surface area (Å²) in [6.45, 7) is 0. The molecule has 0 bridgehead atoms. The number of amidine groups is 1. The van der Waals surface area contributed by atoms with Gasteiger partial charge in [0.25, 0.3) is 0 Å². The molecule has 0 amide bonds. The van der Waals surface area contributed by atoms with Crippen molar-refractivity contribution in [1.82, 2.24) is 0 Å². The van der Waals surface area contributed by atoms with Crippen molar-refractivity contribution in [2.45, 2.75) is 11.4 Å². The third-order valence-electron chi connectivity index (χ3n) is 2.62. The molecule has 0 radical (unpaired) electrons. The second-order valence-corrected chi connectivity index (χ2v) is 5.16. The van der Waals surface area contributed by atoms with Crippen LogP contribution in [-0.2, 0) is 0 Å². The van der Waals surface area contributed by atoms with Gasteiger partial charge in [0, 0.05) is 0 Å². The molecule has 0 heterocycles. The van der Waals surface area contributed by atoms with Gasteiger partial charge in [0.2, 0.25) is 0 Å². The smallest absolute Gasteiger partial charge is 0.379 e. The molecule has 0 saturated carbocycles. The zero-order chi connectivity index (χ0) is 14.0. The Kier molecular flexibility index (Phi) is 3.71. The molecule has 100 valence electrons. The van der Waals surface area contributed by atoms with Gasteiger partial charge in [-0.3, -0.25) is 5.41 Å². The van der Waals surface area contributed by atoms with Crippen LogP contribution in [0.25, 0.3) is 10.8 Å². The van der Waals surface area contributed by atoms with Crippen LogP contribution >= 0.6 is 11.8 Å². The number of halogens is 3. The van der Waals surface area contributed by atoms with E-state index in [1.807, 2.05) is 12.1 Å². The number of thioether (sulfide) groups is 1. The minimum Gasteiger partial charge on any atom is -0.379 e. The summed E-state index contributed by atoms with van der Waals surface area (Å²) < 4.78 is 39.0. The van der Waals surface area contributed by atoms with Crippen LogP contribution in [0.2, 0.25) is 0 Å². The molecule has 0 saturated heterocycles. The first-order chi connectivity index (χ1) is 8.88. The summed E-state index contributed by atoms with van der Waals surface area (Å²) in [4.78, 5) is 0. The number of fused-ring (bicyclic) bond motifs is 1. The van der Waals surface area contributed by atoms with Crippen LogP contribution in [0.1, 0.15) is 10.8 Å². The lowest BCUT2D eigenvalue weighted by Gasteiger charge is -2.19. The van der Waals surface area contributed by atoms with Gasteiger partial charge < -0.3 is 5.73 Å². The summed E-state index contributed by atoms with van der Waals surface area (Å²) in [6, 6.07) is 11.7. The van der Waals surface area contributed by atoms with E-state index in [4.69, 9.17) is 11.1 Å². The minimum absolute atomic E-state index is 0.103. The first-order valence-electron chi connectivity index (χ1n) is 5.44. The maximum absolute atomic E-state index is 13.0. The second-order valence-electron chi connectivity index (χ2n) is 4.01. The molecule has 6 heteroatoms. The predicted molar refractivity (Wildman–Crippen MR) is 72.2 cm³/mol. The fourth-order valence-electron chi connectivity index (χ4n) is 1.82. The van der Waals surface area contributed by atoms with Crippen LogP contribution in [0.4, 0.5) is 13.2 Å². The number of hydrogen-bond acceptors (Lipinski definition) is 2. The lowest BCUT2D eigenvalue weighted by molar-refractivity contribution is -0.129. The van der Waals surface area contributed by atoms with E-state index in [2.05, 4.69) is 0 Å². The van der Waals surface area contributed by atoms with Gasteiger partial charge in [0.05, 0.1) is 0 Å². The van der Waals surface area contributed by atoms with Crippen molar-refractivity contribution < 1.29 is 13.2 Å². The molecule has 0 aliphatic rings. The molecule has 2 nitrogen and oxygen atoms in total. The molecular formula is C13H11F3N2S. The van der Waals surface area contributed by atoms with Crippen LogP contribution < -0.4 is 5.73 Å². The molecule has 19 heavy (non-hydrogen) atoms. The third-order valence-corrected chi connectivity index (χ3v) is 3.65. The number of rotatable bonds is 2. The third kappa shape index (κ3) is 3.20. The molecule has 2 aromatic rings. The van der Waals surface area contributed by atoms with Gasteiger partial charge in [0.1, 0.15) is 5.25 Å². The van der Waals surface area contributed by atoms with Gasteiger partial charge >= 0.3 is 6.18 Å². The molecule has 0 spiro atoms. The first-order valence-corrected chi connectivity index (χ1v) is 6.32. The maximum atomic E-state index is 13.0. The van der Waals surface area contributed by atoms with Gasteiger partial charge in [-0.25, -0.2) is 0 Å². The number of nitrogens with two attached hydrogens (primary N) is 1. The van der Waals surface area contributed by atoms with E-state index in [9.17, 15) is 13.2 Å².